The third kappa shape index (κ3) is 10.6. The first-order valence-electron chi connectivity index (χ1n) is 20.9. The van der Waals surface area contributed by atoms with Gasteiger partial charge in [0.2, 0.25) is 5.91 Å². The number of carbonyl (C=O) groups excluding carboxylic acids is 1. The number of hydrogen-bond donors (Lipinski definition) is 1. The lowest BCUT2D eigenvalue weighted by Gasteiger charge is -2.36. The van der Waals surface area contributed by atoms with Gasteiger partial charge in [-0.2, -0.15) is 15.8 Å². The summed E-state index contributed by atoms with van der Waals surface area (Å²) in [5.41, 5.74) is 10.2. The highest BCUT2D eigenvalue weighted by Gasteiger charge is 2.41. The number of nitriles is 3. The van der Waals surface area contributed by atoms with E-state index in [9.17, 15) is 20.6 Å². The molecule has 1 atom stereocenters. The molecule has 2 aliphatic heterocycles. The molecule has 0 radical (unpaired) electrons. The van der Waals surface area contributed by atoms with Crippen molar-refractivity contribution >= 4 is 37.0 Å². The molecule has 0 aromatic heterocycles. The van der Waals surface area contributed by atoms with E-state index in [-0.39, 0.29) is 33.6 Å². The Morgan fingerprint density at radius 2 is 1.63 bits per heavy atom. The molecule has 0 bridgehead atoms. The van der Waals surface area contributed by atoms with Gasteiger partial charge in [0.05, 0.1) is 0 Å². The number of amides is 1. The summed E-state index contributed by atoms with van der Waals surface area (Å²) in [7, 11) is -1.45. The quantitative estimate of drug-likeness (QED) is 0.110. The molecule has 0 saturated heterocycles. The van der Waals surface area contributed by atoms with Crippen molar-refractivity contribution < 1.29 is 9.53 Å². The molecule has 2 aromatic rings. The second-order valence-electron chi connectivity index (χ2n) is 19.1. The van der Waals surface area contributed by atoms with Gasteiger partial charge in [0.15, 0.2) is 11.3 Å². The van der Waals surface area contributed by atoms with Crippen LogP contribution < -0.4 is 10.2 Å². The summed E-state index contributed by atoms with van der Waals surface area (Å²) >= 11 is 7.30. The first-order valence-corrected chi connectivity index (χ1v) is 24.7. The third-order valence-corrected chi connectivity index (χ3v) is 12.9. The molecule has 3 aliphatic rings. The molecule has 2 aromatic carbocycles. The van der Waals surface area contributed by atoms with Gasteiger partial charge in [-0.25, -0.2) is 0 Å². The lowest BCUT2D eigenvalue weighted by atomic mass is 9.70. The molecule has 9 heteroatoms. The minimum Gasteiger partial charge on any atom is -0.480 e. The average Bonchev–Trinajstić information content (AvgIpc) is 3.56. The van der Waals surface area contributed by atoms with E-state index in [4.69, 9.17) is 16.3 Å². The van der Waals surface area contributed by atoms with E-state index in [1.165, 1.54) is 16.9 Å². The minimum absolute atomic E-state index is 0.00116. The Labute approximate surface area is 364 Å². The third-order valence-electron chi connectivity index (χ3n) is 11.5. The molecule has 2 heterocycles. The van der Waals surface area contributed by atoms with Gasteiger partial charge < -0.3 is 15.0 Å². The van der Waals surface area contributed by atoms with Crippen LogP contribution in [0.1, 0.15) is 98.1 Å². The number of rotatable bonds is 10. The molecule has 1 amide bonds. The summed E-state index contributed by atoms with van der Waals surface area (Å²) < 4.78 is 6.01. The number of allylic oxidation sites excluding steroid dienone is 9. The van der Waals surface area contributed by atoms with Gasteiger partial charge in [-0.05, 0) is 104 Å². The molecule has 0 spiro atoms. The predicted molar refractivity (Wildman–Crippen MR) is 247 cm³/mol. The van der Waals surface area contributed by atoms with Gasteiger partial charge in [0, 0.05) is 51.6 Å². The lowest BCUT2D eigenvalue weighted by molar-refractivity contribution is -0.116. The second-order valence-corrected chi connectivity index (χ2v) is 24.2. The Morgan fingerprint density at radius 3 is 2.27 bits per heavy atom. The standard InChI is InChI=1S/C51H58ClN5O2Si/c1-49(2,3)39-30-36(21-25-42-41(34-55)48(38(32-53)33-54)59-51(42,6)7)47(52)37(31-39)22-26-45-50(4,5)43-16-13-14-17-44(43)57(45)28-15-11-12-18-46(58)56-40-23-19-35(20-24-40)27-29-60(8,9)10/h13-14,16-17,19-26,39H,11-12,15,18,28,30-31H2,1-10H3,(H,56,58). The number of ether oxygens (including phenoxy) is 1. The van der Waals surface area contributed by atoms with Gasteiger partial charge in [0.25, 0.3) is 0 Å². The van der Waals surface area contributed by atoms with Gasteiger partial charge in [0.1, 0.15) is 37.5 Å². The number of halogens is 1. The van der Waals surface area contributed by atoms with Crippen LogP contribution in [0, 0.1) is 56.8 Å². The topological polar surface area (TPSA) is 113 Å². The number of fused-ring (bicyclic) bond motifs is 1. The molecule has 310 valence electrons. The zero-order valence-electron chi connectivity index (χ0n) is 36.9. The van der Waals surface area contributed by atoms with Crippen LogP contribution in [0.4, 0.5) is 11.4 Å². The zero-order chi connectivity index (χ0) is 44.0. The number of anilines is 2. The number of unbranched alkanes of at least 4 members (excludes halogenated alkanes) is 2. The van der Waals surface area contributed by atoms with Crippen molar-refractivity contribution in [2.45, 2.75) is 118 Å². The van der Waals surface area contributed by atoms with Crippen molar-refractivity contribution in [3.05, 3.63) is 128 Å². The summed E-state index contributed by atoms with van der Waals surface area (Å²) in [4.78, 5) is 15.3. The van der Waals surface area contributed by atoms with E-state index in [0.29, 0.717) is 22.9 Å². The molecule has 0 fully saturated rings. The molecule has 5 rings (SSSR count). The Hall–Kier alpha value is -5.51. The number of para-hydroxylation sites is 1. The molecule has 60 heavy (non-hydrogen) atoms. The van der Waals surface area contributed by atoms with Crippen molar-refractivity contribution in [1.82, 2.24) is 0 Å². The predicted octanol–water partition coefficient (Wildman–Crippen LogP) is 12.5. The zero-order valence-corrected chi connectivity index (χ0v) is 38.7. The van der Waals surface area contributed by atoms with Gasteiger partial charge >= 0.3 is 0 Å². The normalized spacial score (nSPS) is 19.7. The van der Waals surface area contributed by atoms with Gasteiger partial charge in [-0.1, -0.05) is 115 Å². The first kappa shape index (κ1) is 45.6. The SMILES string of the molecule is CC1(C)OC(=C(C#N)C#N)C(C#N)=C1C=CC1=C(Cl)C(=CC=C2N(CCCCCC(=O)Nc3ccc(C#C[Si](C)(C)C)cc3)c3ccccc3C2(C)C)CC(C(C)(C)C)C1. The highest BCUT2D eigenvalue weighted by molar-refractivity contribution is 6.83. The van der Waals surface area contributed by atoms with E-state index in [2.05, 4.69) is 118 Å². The number of benzene rings is 2. The summed E-state index contributed by atoms with van der Waals surface area (Å²) in [6, 6.07) is 22.3. The number of hydrogen-bond acceptors (Lipinski definition) is 6. The fraction of sp³-hybridized carbons (Fsp3) is 0.412. The van der Waals surface area contributed by atoms with Crippen LogP contribution in [0.3, 0.4) is 0 Å². The van der Waals surface area contributed by atoms with Crippen LogP contribution in [0.25, 0.3) is 0 Å². The maximum Gasteiger partial charge on any atom is 0.224 e. The fourth-order valence-corrected chi connectivity index (χ4v) is 8.76. The molecule has 1 N–H and O–H groups in total. The van der Waals surface area contributed by atoms with E-state index in [1.807, 2.05) is 62.4 Å². The molecule has 1 unspecified atom stereocenters. The van der Waals surface area contributed by atoms with Crippen molar-refractivity contribution in [2.75, 3.05) is 16.8 Å². The lowest BCUT2D eigenvalue weighted by Crippen LogP contribution is -2.27. The highest BCUT2D eigenvalue weighted by Crippen LogP contribution is 2.49. The van der Waals surface area contributed by atoms with E-state index >= 15 is 0 Å². The van der Waals surface area contributed by atoms with Crippen LogP contribution >= 0.6 is 11.6 Å². The number of carbonyl (C=O) groups is 1. The van der Waals surface area contributed by atoms with Crippen LogP contribution in [0.5, 0.6) is 0 Å². The van der Waals surface area contributed by atoms with Crippen molar-refractivity contribution in [1.29, 1.82) is 15.8 Å². The van der Waals surface area contributed by atoms with Crippen LogP contribution in [-0.2, 0) is 14.9 Å². The number of nitrogens with one attached hydrogen (secondary N) is 1. The van der Waals surface area contributed by atoms with Crippen molar-refractivity contribution in [3.8, 4) is 29.7 Å². The fourth-order valence-electron chi connectivity index (χ4n) is 7.96. The first-order chi connectivity index (χ1) is 28.2. The second kappa shape index (κ2) is 18.4. The van der Waals surface area contributed by atoms with Crippen molar-refractivity contribution in [2.24, 2.45) is 11.3 Å². The highest BCUT2D eigenvalue weighted by atomic mass is 35.5. The van der Waals surface area contributed by atoms with E-state index < -0.39 is 13.7 Å². The summed E-state index contributed by atoms with van der Waals surface area (Å²) in [5.74, 6) is 3.60. The molecular formula is C51H58ClN5O2Si. The summed E-state index contributed by atoms with van der Waals surface area (Å²) in [6.07, 6.45) is 13.0. The number of nitrogens with zero attached hydrogens (tertiary/aromatic N) is 4. The van der Waals surface area contributed by atoms with E-state index in [0.717, 1.165) is 61.0 Å². The molecule has 0 saturated carbocycles. The molecule has 7 nitrogen and oxygen atoms in total. The van der Waals surface area contributed by atoms with E-state index in [1.54, 1.807) is 0 Å². The maximum atomic E-state index is 12.8. The molecular weight excluding hydrogens is 778 g/mol. The molecule has 1 aliphatic carbocycles. The smallest absolute Gasteiger partial charge is 0.224 e. The van der Waals surface area contributed by atoms with Crippen LogP contribution in [-0.4, -0.2) is 26.1 Å². The Balaban J connectivity index is 1.36. The van der Waals surface area contributed by atoms with Crippen molar-refractivity contribution in [3.63, 3.8) is 0 Å². The maximum absolute atomic E-state index is 12.8. The Kier molecular flexibility index (Phi) is 14.0. The monoisotopic (exact) mass is 835 g/mol. The Bertz CT molecular complexity index is 2380. The largest absolute Gasteiger partial charge is 0.480 e. The van der Waals surface area contributed by atoms with Crippen LogP contribution in [0.2, 0.25) is 19.6 Å². The average molecular weight is 837 g/mol. The Morgan fingerprint density at radius 1 is 0.950 bits per heavy atom. The summed E-state index contributed by atoms with van der Waals surface area (Å²) in [6.45, 7) is 22.5. The summed E-state index contributed by atoms with van der Waals surface area (Å²) in [5, 5.41) is 32.9. The van der Waals surface area contributed by atoms with Crippen LogP contribution in [0.15, 0.2) is 117 Å². The van der Waals surface area contributed by atoms with Gasteiger partial charge in [-0.3, -0.25) is 4.79 Å². The van der Waals surface area contributed by atoms with Gasteiger partial charge in [-0.15, -0.1) is 5.54 Å². The minimum atomic E-state index is -1.45.